The molecule has 0 fully saturated rings. The van der Waals surface area contributed by atoms with Crippen LogP contribution < -0.4 is 5.32 Å². The number of hydrogen-bond acceptors (Lipinski definition) is 3. The lowest BCUT2D eigenvalue weighted by Crippen LogP contribution is -2.04. The minimum absolute atomic E-state index is 0.332. The van der Waals surface area contributed by atoms with E-state index in [-0.39, 0.29) is 5.82 Å². The molecule has 0 radical (unpaired) electrons. The van der Waals surface area contributed by atoms with E-state index in [1.54, 1.807) is 19.2 Å². The number of rotatable bonds is 3. The molecule has 0 amide bonds. The zero-order chi connectivity index (χ0) is 11.5. The molecule has 5 heteroatoms. The highest BCUT2D eigenvalue weighted by Crippen LogP contribution is 2.25. The summed E-state index contributed by atoms with van der Waals surface area (Å²) in [6.45, 7) is 0.526. The summed E-state index contributed by atoms with van der Waals surface area (Å²) in [6, 6.07) is 4.82. The fraction of sp³-hybridized carbons (Fsp3) is 0.182. The van der Waals surface area contributed by atoms with E-state index in [1.165, 1.54) is 12.3 Å². The number of oxazole rings is 1. The van der Waals surface area contributed by atoms with Crippen molar-refractivity contribution in [3.8, 4) is 11.3 Å². The van der Waals surface area contributed by atoms with Gasteiger partial charge in [-0.25, -0.2) is 9.37 Å². The van der Waals surface area contributed by atoms with Crippen LogP contribution >= 0.6 is 15.9 Å². The molecular weight excluding hydrogens is 275 g/mol. The van der Waals surface area contributed by atoms with Gasteiger partial charge < -0.3 is 9.73 Å². The van der Waals surface area contributed by atoms with Gasteiger partial charge in [0.1, 0.15) is 5.82 Å². The Bertz CT molecular complexity index is 498. The first kappa shape index (κ1) is 11.3. The molecule has 84 valence electrons. The second kappa shape index (κ2) is 4.76. The molecule has 0 saturated heterocycles. The molecule has 16 heavy (non-hydrogen) atoms. The summed E-state index contributed by atoms with van der Waals surface area (Å²) < 4.78 is 19.7. The van der Waals surface area contributed by atoms with Gasteiger partial charge in [-0.2, -0.15) is 0 Å². The first-order valence-corrected chi connectivity index (χ1v) is 5.54. The molecule has 0 spiro atoms. The lowest BCUT2D eigenvalue weighted by Gasteiger charge is -1.99. The summed E-state index contributed by atoms with van der Waals surface area (Å²) in [6.07, 6.45) is 1.53. The van der Waals surface area contributed by atoms with Crippen LogP contribution in [0.15, 0.2) is 33.3 Å². The average molecular weight is 285 g/mol. The Morgan fingerprint density at radius 2 is 2.31 bits per heavy atom. The molecule has 2 aromatic rings. The zero-order valence-electron chi connectivity index (χ0n) is 8.63. The maximum atomic E-state index is 13.6. The molecule has 0 aliphatic rings. The van der Waals surface area contributed by atoms with Crippen molar-refractivity contribution in [1.82, 2.24) is 10.3 Å². The van der Waals surface area contributed by atoms with E-state index in [1.807, 2.05) is 0 Å². The van der Waals surface area contributed by atoms with Crippen LogP contribution in [-0.2, 0) is 6.54 Å². The zero-order valence-corrected chi connectivity index (χ0v) is 10.2. The van der Waals surface area contributed by atoms with E-state index >= 15 is 0 Å². The molecule has 0 saturated carbocycles. The highest BCUT2D eigenvalue weighted by Gasteiger charge is 2.10. The van der Waals surface area contributed by atoms with Gasteiger partial charge in [0, 0.05) is 4.47 Å². The van der Waals surface area contributed by atoms with Gasteiger partial charge in [0.2, 0.25) is 5.89 Å². The monoisotopic (exact) mass is 284 g/mol. The van der Waals surface area contributed by atoms with Crippen LogP contribution in [0.3, 0.4) is 0 Å². The quantitative estimate of drug-likeness (QED) is 0.942. The molecule has 1 aromatic heterocycles. The third-order valence-corrected chi connectivity index (χ3v) is 2.57. The third-order valence-electron chi connectivity index (χ3n) is 2.08. The first-order chi connectivity index (χ1) is 7.70. The van der Waals surface area contributed by atoms with E-state index in [2.05, 4.69) is 26.2 Å². The molecule has 2 rings (SSSR count). The maximum absolute atomic E-state index is 13.6. The van der Waals surface area contributed by atoms with Gasteiger partial charge in [0.25, 0.3) is 0 Å². The average Bonchev–Trinajstić information content (AvgIpc) is 2.67. The summed E-state index contributed by atoms with van der Waals surface area (Å²) in [7, 11) is 1.80. The number of aromatic nitrogens is 1. The molecule has 0 aliphatic carbocycles. The molecule has 0 bridgehead atoms. The number of nitrogens with one attached hydrogen (secondary N) is 1. The van der Waals surface area contributed by atoms with Crippen molar-refractivity contribution in [2.75, 3.05) is 7.05 Å². The lowest BCUT2D eigenvalue weighted by molar-refractivity contribution is 0.487. The Kier molecular flexibility index (Phi) is 3.36. The number of nitrogens with zero attached hydrogens (tertiary/aromatic N) is 1. The molecule has 0 unspecified atom stereocenters. The van der Waals surface area contributed by atoms with Crippen molar-refractivity contribution in [2.45, 2.75) is 6.54 Å². The fourth-order valence-electron chi connectivity index (χ4n) is 1.36. The minimum Gasteiger partial charge on any atom is -0.439 e. The van der Waals surface area contributed by atoms with Gasteiger partial charge in [0.15, 0.2) is 5.76 Å². The Morgan fingerprint density at radius 3 is 3.00 bits per heavy atom. The number of hydrogen-bond donors (Lipinski definition) is 1. The molecule has 1 heterocycles. The third kappa shape index (κ3) is 2.31. The van der Waals surface area contributed by atoms with Gasteiger partial charge in [-0.05, 0) is 25.2 Å². The van der Waals surface area contributed by atoms with Gasteiger partial charge >= 0.3 is 0 Å². The summed E-state index contributed by atoms with van der Waals surface area (Å²) in [5.74, 6) is 0.650. The number of benzene rings is 1. The second-order valence-electron chi connectivity index (χ2n) is 3.27. The van der Waals surface area contributed by atoms with Crippen molar-refractivity contribution in [2.24, 2.45) is 0 Å². The molecule has 1 aromatic carbocycles. The Labute approximate surface area is 101 Å². The van der Waals surface area contributed by atoms with Crippen molar-refractivity contribution in [1.29, 1.82) is 0 Å². The largest absolute Gasteiger partial charge is 0.439 e. The Hall–Kier alpha value is -1.20. The lowest BCUT2D eigenvalue weighted by atomic mass is 10.2. The maximum Gasteiger partial charge on any atom is 0.208 e. The summed E-state index contributed by atoms with van der Waals surface area (Å²) in [5, 5.41) is 2.92. The van der Waals surface area contributed by atoms with Gasteiger partial charge in [0.05, 0.1) is 18.3 Å². The second-order valence-corrected chi connectivity index (χ2v) is 4.19. The molecule has 0 aliphatic heterocycles. The van der Waals surface area contributed by atoms with Crippen LogP contribution in [0.1, 0.15) is 5.89 Å². The Morgan fingerprint density at radius 1 is 1.50 bits per heavy atom. The van der Waals surface area contributed by atoms with Gasteiger partial charge in [-0.15, -0.1) is 0 Å². The SMILES string of the molecule is CNCc1ncc(-c2ccc(Br)cc2F)o1. The van der Waals surface area contributed by atoms with E-state index in [9.17, 15) is 4.39 Å². The molecule has 3 nitrogen and oxygen atoms in total. The van der Waals surface area contributed by atoms with Crippen LogP contribution in [0, 0.1) is 5.82 Å². The smallest absolute Gasteiger partial charge is 0.208 e. The van der Waals surface area contributed by atoms with Crippen LogP contribution in [0.25, 0.3) is 11.3 Å². The van der Waals surface area contributed by atoms with E-state index in [0.29, 0.717) is 28.2 Å². The van der Waals surface area contributed by atoms with Crippen molar-refractivity contribution >= 4 is 15.9 Å². The highest BCUT2D eigenvalue weighted by molar-refractivity contribution is 9.10. The molecule has 0 atom stereocenters. The summed E-state index contributed by atoms with van der Waals surface area (Å²) in [5.41, 5.74) is 0.415. The van der Waals surface area contributed by atoms with Crippen molar-refractivity contribution < 1.29 is 8.81 Å². The van der Waals surface area contributed by atoms with Crippen LogP contribution in [-0.4, -0.2) is 12.0 Å². The summed E-state index contributed by atoms with van der Waals surface area (Å²) in [4.78, 5) is 4.04. The van der Waals surface area contributed by atoms with Gasteiger partial charge in [-0.3, -0.25) is 0 Å². The molecule has 1 N–H and O–H groups in total. The fourth-order valence-corrected chi connectivity index (χ4v) is 1.69. The topological polar surface area (TPSA) is 38.1 Å². The number of halogens is 2. The molecular formula is C11H10BrFN2O. The predicted molar refractivity (Wildman–Crippen MR) is 62.4 cm³/mol. The Balaban J connectivity index is 2.35. The minimum atomic E-state index is -0.332. The van der Waals surface area contributed by atoms with E-state index in [0.717, 1.165) is 0 Å². The predicted octanol–water partition coefficient (Wildman–Crippen LogP) is 2.96. The van der Waals surface area contributed by atoms with Crippen molar-refractivity contribution in [3.63, 3.8) is 0 Å². The van der Waals surface area contributed by atoms with E-state index < -0.39 is 0 Å². The van der Waals surface area contributed by atoms with Crippen LogP contribution in [0.5, 0.6) is 0 Å². The van der Waals surface area contributed by atoms with Crippen LogP contribution in [0.4, 0.5) is 4.39 Å². The standard InChI is InChI=1S/C11H10BrFN2O/c1-14-6-11-15-5-10(16-11)8-3-2-7(12)4-9(8)13/h2-5,14H,6H2,1H3. The van der Waals surface area contributed by atoms with Crippen LogP contribution in [0.2, 0.25) is 0 Å². The first-order valence-electron chi connectivity index (χ1n) is 4.75. The van der Waals surface area contributed by atoms with Crippen molar-refractivity contribution in [3.05, 3.63) is 40.6 Å². The normalized spacial score (nSPS) is 10.7. The van der Waals surface area contributed by atoms with E-state index in [4.69, 9.17) is 4.42 Å². The summed E-state index contributed by atoms with van der Waals surface area (Å²) >= 11 is 3.20. The highest BCUT2D eigenvalue weighted by atomic mass is 79.9. The van der Waals surface area contributed by atoms with Gasteiger partial charge in [-0.1, -0.05) is 15.9 Å².